The van der Waals surface area contributed by atoms with Crippen LogP contribution >= 0.6 is 0 Å². The fraction of sp³-hybridized carbons (Fsp3) is 0.281. The number of para-hydroxylation sites is 1. The van der Waals surface area contributed by atoms with Gasteiger partial charge in [0.15, 0.2) is 0 Å². The molecule has 1 heterocycles. The van der Waals surface area contributed by atoms with E-state index in [1.165, 1.54) is 4.90 Å². The number of hydrogen-bond acceptors (Lipinski definition) is 3. The Morgan fingerprint density at radius 1 is 0.897 bits per heavy atom. The quantitative estimate of drug-likeness (QED) is 0.269. The highest BCUT2D eigenvalue weighted by atomic mass is 16.2. The number of amides is 3. The zero-order valence-electron chi connectivity index (χ0n) is 23.4. The molecular weight excluding hydrogens is 486 g/mol. The van der Waals surface area contributed by atoms with E-state index in [2.05, 4.69) is 31.4 Å². The summed E-state index contributed by atoms with van der Waals surface area (Å²) in [5, 5.41) is 10.8. The number of hydrogen-bond donors (Lipinski definition) is 2. The van der Waals surface area contributed by atoms with Crippen molar-refractivity contribution in [2.75, 3.05) is 17.2 Å². The number of rotatable bonds is 8. The van der Waals surface area contributed by atoms with Crippen molar-refractivity contribution >= 4 is 23.4 Å². The number of benzene rings is 3. The van der Waals surface area contributed by atoms with Crippen LogP contribution in [0.3, 0.4) is 0 Å². The molecule has 3 aromatic carbocycles. The monoisotopic (exact) mass is 523 g/mol. The Morgan fingerprint density at radius 2 is 1.56 bits per heavy atom. The first kappa shape index (κ1) is 27.6. The maximum absolute atomic E-state index is 13.4. The van der Waals surface area contributed by atoms with Gasteiger partial charge in [-0.1, -0.05) is 93.9 Å². The number of nitrogens with one attached hydrogen (secondary N) is 2. The minimum Gasteiger partial charge on any atom is -0.311 e. The van der Waals surface area contributed by atoms with E-state index in [1.54, 1.807) is 4.68 Å². The Hall–Kier alpha value is -4.39. The molecule has 4 rings (SSSR count). The van der Waals surface area contributed by atoms with Gasteiger partial charge in [0.1, 0.15) is 12.4 Å². The average molecular weight is 524 g/mol. The molecule has 0 saturated heterocycles. The van der Waals surface area contributed by atoms with Crippen molar-refractivity contribution in [1.82, 2.24) is 14.7 Å². The molecule has 0 radical (unpaired) electrons. The van der Waals surface area contributed by atoms with Crippen molar-refractivity contribution in [1.29, 1.82) is 0 Å². The molecule has 0 aliphatic carbocycles. The van der Waals surface area contributed by atoms with Crippen molar-refractivity contribution in [2.45, 2.75) is 53.0 Å². The van der Waals surface area contributed by atoms with E-state index in [0.717, 1.165) is 40.2 Å². The lowest BCUT2D eigenvalue weighted by Crippen LogP contribution is -2.40. The van der Waals surface area contributed by atoms with E-state index in [4.69, 9.17) is 5.10 Å². The van der Waals surface area contributed by atoms with Gasteiger partial charge in [-0.25, -0.2) is 9.48 Å². The summed E-state index contributed by atoms with van der Waals surface area (Å²) in [6.07, 6.45) is 0.786. The fourth-order valence-electron chi connectivity index (χ4n) is 4.22. The summed E-state index contributed by atoms with van der Waals surface area (Å²) >= 11 is 0. The maximum atomic E-state index is 13.4. The molecule has 39 heavy (non-hydrogen) atoms. The van der Waals surface area contributed by atoms with Crippen LogP contribution in [0.5, 0.6) is 0 Å². The largest absolute Gasteiger partial charge is 0.322 e. The summed E-state index contributed by atoms with van der Waals surface area (Å²) in [5.74, 6) is 0.253. The molecule has 0 unspecified atom stereocenters. The number of carbonyl (C=O) groups excluding carboxylic acids is 2. The summed E-state index contributed by atoms with van der Waals surface area (Å²) in [6, 6.07) is 26.9. The van der Waals surface area contributed by atoms with Gasteiger partial charge in [0.25, 0.3) is 0 Å². The van der Waals surface area contributed by atoms with Gasteiger partial charge < -0.3 is 15.5 Å². The Bertz CT molecular complexity index is 1420. The van der Waals surface area contributed by atoms with Crippen LogP contribution in [0.1, 0.15) is 50.1 Å². The van der Waals surface area contributed by atoms with Crippen LogP contribution in [-0.2, 0) is 23.2 Å². The second kappa shape index (κ2) is 12.0. The van der Waals surface area contributed by atoms with Crippen molar-refractivity contribution in [3.05, 3.63) is 107 Å². The van der Waals surface area contributed by atoms with Crippen LogP contribution in [-0.4, -0.2) is 33.2 Å². The highest BCUT2D eigenvalue weighted by molar-refractivity contribution is 5.97. The first-order chi connectivity index (χ1) is 18.6. The number of nitrogens with zero attached hydrogens (tertiary/aromatic N) is 3. The molecule has 3 amide bonds. The average Bonchev–Trinajstić information content (AvgIpc) is 3.34. The summed E-state index contributed by atoms with van der Waals surface area (Å²) in [7, 11) is 0. The molecule has 0 aliphatic rings. The highest BCUT2D eigenvalue weighted by Crippen LogP contribution is 2.26. The third kappa shape index (κ3) is 7.13. The van der Waals surface area contributed by atoms with Gasteiger partial charge in [0.2, 0.25) is 5.91 Å². The standard InChI is InChI=1S/C32H37N5O2/c1-6-25-14-10-11-15-27(25)33-31(39)36(21-24-12-8-7-9-13-24)22-30(38)34-29-20-28(32(3,4)5)35-37(29)26-18-16-23(2)17-19-26/h7-20H,6,21-22H2,1-5H3,(H,33,39)(H,34,38). The minimum atomic E-state index is -0.336. The van der Waals surface area contributed by atoms with E-state index < -0.39 is 0 Å². The minimum absolute atomic E-state index is 0.126. The van der Waals surface area contributed by atoms with Crippen LogP contribution in [0.2, 0.25) is 0 Å². The molecule has 0 atom stereocenters. The van der Waals surface area contributed by atoms with E-state index in [1.807, 2.05) is 98.8 Å². The molecule has 1 aromatic heterocycles. The first-order valence-corrected chi connectivity index (χ1v) is 13.3. The van der Waals surface area contributed by atoms with E-state index >= 15 is 0 Å². The smallest absolute Gasteiger partial charge is 0.311 e. The molecule has 0 aliphatic heterocycles. The molecule has 7 heteroatoms. The Kier molecular flexibility index (Phi) is 8.49. The lowest BCUT2D eigenvalue weighted by molar-refractivity contribution is -0.116. The molecule has 2 N–H and O–H groups in total. The Balaban J connectivity index is 1.59. The molecule has 0 saturated carbocycles. The van der Waals surface area contributed by atoms with Gasteiger partial charge in [0.05, 0.1) is 11.4 Å². The Morgan fingerprint density at radius 3 is 2.23 bits per heavy atom. The van der Waals surface area contributed by atoms with Gasteiger partial charge in [-0.2, -0.15) is 5.10 Å². The summed E-state index contributed by atoms with van der Waals surface area (Å²) < 4.78 is 1.75. The molecule has 0 spiro atoms. The van der Waals surface area contributed by atoms with E-state index in [9.17, 15) is 9.59 Å². The number of aromatic nitrogens is 2. The van der Waals surface area contributed by atoms with Crippen molar-refractivity contribution in [3.63, 3.8) is 0 Å². The molecule has 4 aromatic rings. The summed E-state index contributed by atoms with van der Waals surface area (Å²) in [5.41, 5.74) is 5.35. The van der Waals surface area contributed by atoms with Crippen LogP contribution in [0, 0.1) is 6.92 Å². The molecule has 202 valence electrons. The lowest BCUT2D eigenvalue weighted by Gasteiger charge is -2.23. The maximum Gasteiger partial charge on any atom is 0.322 e. The van der Waals surface area contributed by atoms with Gasteiger partial charge in [-0.05, 0) is 42.7 Å². The summed E-state index contributed by atoms with van der Waals surface area (Å²) in [6.45, 7) is 10.5. The van der Waals surface area contributed by atoms with Gasteiger partial charge in [-0.3, -0.25) is 4.79 Å². The SMILES string of the molecule is CCc1ccccc1NC(=O)N(CC(=O)Nc1cc(C(C)(C)C)nn1-c1ccc(C)cc1)Cc1ccccc1. The second-order valence-corrected chi connectivity index (χ2v) is 10.7. The molecule has 7 nitrogen and oxygen atoms in total. The van der Waals surface area contributed by atoms with E-state index in [-0.39, 0.29) is 23.9 Å². The van der Waals surface area contributed by atoms with E-state index in [0.29, 0.717) is 12.4 Å². The van der Waals surface area contributed by atoms with Crippen molar-refractivity contribution in [3.8, 4) is 5.69 Å². The van der Waals surface area contributed by atoms with Crippen molar-refractivity contribution < 1.29 is 9.59 Å². The third-order valence-electron chi connectivity index (χ3n) is 6.50. The van der Waals surface area contributed by atoms with Crippen LogP contribution in [0.15, 0.2) is 84.9 Å². The number of aryl methyl sites for hydroxylation is 2. The second-order valence-electron chi connectivity index (χ2n) is 10.7. The fourth-order valence-corrected chi connectivity index (χ4v) is 4.22. The van der Waals surface area contributed by atoms with Gasteiger partial charge in [-0.15, -0.1) is 0 Å². The zero-order chi connectivity index (χ0) is 28.0. The van der Waals surface area contributed by atoms with Crippen molar-refractivity contribution in [2.24, 2.45) is 0 Å². The predicted molar refractivity (Wildman–Crippen MR) is 157 cm³/mol. The zero-order valence-corrected chi connectivity index (χ0v) is 23.4. The normalized spacial score (nSPS) is 11.2. The number of urea groups is 1. The molecule has 0 fully saturated rings. The molecule has 0 bridgehead atoms. The Labute approximate surface area is 230 Å². The van der Waals surface area contributed by atoms with Gasteiger partial charge in [0, 0.05) is 23.7 Å². The van der Waals surface area contributed by atoms with Gasteiger partial charge >= 0.3 is 6.03 Å². The lowest BCUT2D eigenvalue weighted by atomic mass is 9.92. The predicted octanol–water partition coefficient (Wildman–Crippen LogP) is 6.71. The summed E-state index contributed by atoms with van der Waals surface area (Å²) in [4.78, 5) is 28.4. The highest BCUT2D eigenvalue weighted by Gasteiger charge is 2.23. The third-order valence-corrected chi connectivity index (χ3v) is 6.50. The topological polar surface area (TPSA) is 79.3 Å². The van der Waals surface area contributed by atoms with Crippen LogP contribution < -0.4 is 10.6 Å². The first-order valence-electron chi connectivity index (χ1n) is 13.3. The van der Waals surface area contributed by atoms with Crippen LogP contribution in [0.4, 0.5) is 16.3 Å². The van der Waals surface area contributed by atoms with Crippen LogP contribution in [0.25, 0.3) is 5.69 Å². The molecular formula is C32H37N5O2. The number of carbonyl (C=O) groups is 2. The number of anilines is 2.